The third kappa shape index (κ3) is 2.18. The van der Waals surface area contributed by atoms with Crippen molar-refractivity contribution >= 4 is 10.0 Å². The quantitative estimate of drug-likeness (QED) is 0.781. The Labute approximate surface area is 88.5 Å². The lowest BCUT2D eigenvalue weighted by Crippen LogP contribution is -2.19. The molecule has 1 aliphatic rings. The third-order valence-electron chi connectivity index (χ3n) is 2.53. The van der Waals surface area contributed by atoms with E-state index < -0.39 is 10.0 Å². The Hall–Kier alpha value is -0.950. The standard InChI is InChI=1S/C8H14N4O2S/c1-2-12-7(5-6-3-4-6)10-11-8(12)15(9,13)14/h6H,2-5H2,1H3,(H2,9,13,14). The molecule has 84 valence electrons. The van der Waals surface area contributed by atoms with Crippen molar-refractivity contribution in [2.45, 2.75) is 37.9 Å². The smallest absolute Gasteiger partial charge is 0.273 e. The predicted octanol–water partition coefficient (Wildman–Crippen LogP) is -0.102. The molecule has 0 spiro atoms. The van der Waals surface area contributed by atoms with Crippen LogP contribution in [-0.4, -0.2) is 23.2 Å². The van der Waals surface area contributed by atoms with Gasteiger partial charge in [-0.15, -0.1) is 10.2 Å². The lowest BCUT2D eigenvalue weighted by atomic mass is 10.3. The minimum Gasteiger partial charge on any atom is -0.301 e. The highest BCUT2D eigenvalue weighted by Gasteiger charge is 2.27. The molecule has 0 saturated heterocycles. The van der Waals surface area contributed by atoms with Crippen LogP contribution in [0, 0.1) is 5.92 Å². The molecular weight excluding hydrogens is 216 g/mol. The zero-order valence-corrected chi connectivity index (χ0v) is 9.37. The number of nitrogens with zero attached hydrogens (tertiary/aromatic N) is 3. The lowest BCUT2D eigenvalue weighted by Gasteiger charge is -2.04. The summed E-state index contributed by atoms with van der Waals surface area (Å²) in [7, 11) is -3.75. The van der Waals surface area contributed by atoms with Crippen LogP contribution in [-0.2, 0) is 23.0 Å². The Morgan fingerprint density at radius 3 is 2.60 bits per heavy atom. The van der Waals surface area contributed by atoms with Gasteiger partial charge in [-0.3, -0.25) is 0 Å². The van der Waals surface area contributed by atoms with Crippen molar-refractivity contribution in [2.75, 3.05) is 0 Å². The second-order valence-electron chi connectivity index (χ2n) is 3.84. The maximum Gasteiger partial charge on any atom is 0.273 e. The van der Waals surface area contributed by atoms with Crippen molar-refractivity contribution in [1.29, 1.82) is 0 Å². The molecule has 1 aromatic heterocycles. The Balaban J connectivity index is 2.35. The Morgan fingerprint density at radius 2 is 2.13 bits per heavy atom. The van der Waals surface area contributed by atoms with Crippen LogP contribution in [0.1, 0.15) is 25.6 Å². The average Bonchev–Trinajstić information content (AvgIpc) is 2.82. The second-order valence-corrected chi connectivity index (χ2v) is 5.29. The van der Waals surface area contributed by atoms with E-state index in [1.54, 1.807) is 4.57 Å². The Bertz CT molecular complexity index is 461. The molecule has 7 heteroatoms. The van der Waals surface area contributed by atoms with Crippen molar-refractivity contribution < 1.29 is 8.42 Å². The van der Waals surface area contributed by atoms with Crippen LogP contribution in [0.5, 0.6) is 0 Å². The van der Waals surface area contributed by atoms with Crippen LogP contribution in [0.15, 0.2) is 5.16 Å². The van der Waals surface area contributed by atoms with E-state index in [1.807, 2.05) is 6.92 Å². The van der Waals surface area contributed by atoms with Gasteiger partial charge in [-0.25, -0.2) is 13.6 Å². The van der Waals surface area contributed by atoms with Gasteiger partial charge in [0.05, 0.1) is 0 Å². The van der Waals surface area contributed by atoms with Crippen LogP contribution in [0.4, 0.5) is 0 Å². The highest BCUT2D eigenvalue weighted by molar-refractivity contribution is 7.89. The van der Waals surface area contributed by atoms with Gasteiger partial charge in [-0.05, 0) is 25.7 Å². The fraction of sp³-hybridized carbons (Fsp3) is 0.750. The third-order valence-corrected chi connectivity index (χ3v) is 3.34. The van der Waals surface area contributed by atoms with Gasteiger partial charge < -0.3 is 4.57 Å². The first-order valence-corrected chi connectivity index (χ1v) is 6.52. The van der Waals surface area contributed by atoms with Gasteiger partial charge in [0.25, 0.3) is 15.2 Å². The zero-order chi connectivity index (χ0) is 11.1. The largest absolute Gasteiger partial charge is 0.301 e. The van der Waals surface area contributed by atoms with Crippen molar-refractivity contribution in [3.8, 4) is 0 Å². The van der Waals surface area contributed by atoms with Crippen LogP contribution >= 0.6 is 0 Å². The first-order chi connectivity index (χ1) is 7.02. The summed E-state index contributed by atoms with van der Waals surface area (Å²) in [5, 5.41) is 12.4. The molecule has 15 heavy (non-hydrogen) atoms. The van der Waals surface area contributed by atoms with Crippen molar-refractivity contribution in [2.24, 2.45) is 11.1 Å². The molecule has 0 aliphatic heterocycles. The van der Waals surface area contributed by atoms with Gasteiger partial charge in [0, 0.05) is 13.0 Å². The Kier molecular flexibility index (Phi) is 2.51. The number of hydrogen-bond donors (Lipinski definition) is 1. The SMILES string of the molecule is CCn1c(CC2CC2)nnc1S(N)(=O)=O. The van der Waals surface area contributed by atoms with Crippen LogP contribution in [0.3, 0.4) is 0 Å². The van der Waals surface area contributed by atoms with Gasteiger partial charge in [0.15, 0.2) is 0 Å². The molecule has 0 atom stereocenters. The molecule has 1 heterocycles. The van der Waals surface area contributed by atoms with Crippen LogP contribution < -0.4 is 5.14 Å². The summed E-state index contributed by atoms with van der Waals surface area (Å²) >= 11 is 0. The topological polar surface area (TPSA) is 90.9 Å². The molecule has 1 saturated carbocycles. The van der Waals surface area contributed by atoms with Gasteiger partial charge in [0.2, 0.25) is 0 Å². The summed E-state index contributed by atoms with van der Waals surface area (Å²) in [5.74, 6) is 1.37. The number of sulfonamides is 1. The molecule has 6 nitrogen and oxygen atoms in total. The fourth-order valence-corrected chi connectivity index (χ4v) is 2.27. The molecule has 0 radical (unpaired) electrons. The molecule has 1 aromatic rings. The van der Waals surface area contributed by atoms with E-state index in [0.29, 0.717) is 12.5 Å². The van der Waals surface area contributed by atoms with Crippen molar-refractivity contribution in [3.05, 3.63) is 5.82 Å². The van der Waals surface area contributed by atoms with Crippen LogP contribution in [0.25, 0.3) is 0 Å². The summed E-state index contributed by atoms with van der Waals surface area (Å²) in [6.07, 6.45) is 3.19. The van der Waals surface area contributed by atoms with E-state index in [0.717, 1.165) is 12.2 Å². The molecule has 1 fully saturated rings. The number of primary sulfonamides is 1. The van der Waals surface area contributed by atoms with E-state index in [2.05, 4.69) is 10.2 Å². The maximum absolute atomic E-state index is 11.2. The van der Waals surface area contributed by atoms with E-state index in [1.165, 1.54) is 12.8 Å². The highest BCUT2D eigenvalue weighted by Crippen LogP contribution is 2.32. The molecule has 1 aliphatic carbocycles. The summed E-state index contributed by atoms with van der Waals surface area (Å²) in [5.41, 5.74) is 0. The molecule has 0 amide bonds. The summed E-state index contributed by atoms with van der Waals surface area (Å²) in [6.45, 7) is 2.38. The Morgan fingerprint density at radius 1 is 1.47 bits per heavy atom. The molecule has 2 N–H and O–H groups in total. The molecular formula is C8H14N4O2S. The first kappa shape index (κ1) is 10.6. The maximum atomic E-state index is 11.2. The van der Waals surface area contributed by atoms with Crippen molar-refractivity contribution in [1.82, 2.24) is 14.8 Å². The van der Waals surface area contributed by atoms with Gasteiger partial charge in [0.1, 0.15) is 5.82 Å². The first-order valence-electron chi connectivity index (χ1n) is 4.97. The number of aromatic nitrogens is 3. The number of rotatable bonds is 4. The molecule has 0 bridgehead atoms. The average molecular weight is 230 g/mol. The predicted molar refractivity (Wildman–Crippen MR) is 53.5 cm³/mol. The molecule has 0 unspecified atom stereocenters. The molecule has 2 rings (SSSR count). The summed E-state index contributed by atoms with van der Waals surface area (Å²) in [4.78, 5) is 0. The van der Waals surface area contributed by atoms with Crippen molar-refractivity contribution in [3.63, 3.8) is 0 Å². The zero-order valence-electron chi connectivity index (χ0n) is 8.55. The van der Waals surface area contributed by atoms with E-state index in [9.17, 15) is 8.42 Å². The highest BCUT2D eigenvalue weighted by atomic mass is 32.2. The van der Waals surface area contributed by atoms with Crippen LogP contribution in [0.2, 0.25) is 0 Å². The summed E-state index contributed by atoms with van der Waals surface area (Å²) in [6, 6.07) is 0. The monoisotopic (exact) mass is 230 g/mol. The fourth-order valence-electron chi connectivity index (χ4n) is 1.58. The minimum absolute atomic E-state index is 0.124. The van der Waals surface area contributed by atoms with E-state index in [4.69, 9.17) is 5.14 Å². The normalized spacial score (nSPS) is 16.9. The number of nitrogens with two attached hydrogens (primary N) is 1. The van der Waals surface area contributed by atoms with E-state index >= 15 is 0 Å². The number of hydrogen-bond acceptors (Lipinski definition) is 4. The summed E-state index contributed by atoms with van der Waals surface area (Å²) < 4.78 is 23.9. The minimum atomic E-state index is -3.75. The second kappa shape index (κ2) is 3.57. The van der Waals surface area contributed by atoms with Gasteiger partial charge >= 0.3 is 0 Å². The van der Waals surface area contributed by atoms with Gasteiger partial charge in [-0.1, -0.05) is 0 Å². The lowest BCUT2D eigenvalue weighted by molar-refractivity contribution is 0.560. The van der Waals surface area contributed by atoms with Gasteiger partial charge in [-0.2, -0.15) is 0 Å². The molecule has 0 aromatic carbocycles. The van der Waals surface area contributed by atoms with E-state index in [-0.39, 0.29) is 5.16 Å².